The molecule has 3 rings (SSSR count). The molecular formula is C19H25N3O2. The highest BCUT2D eigenvalue weighted by Gasteiger charge is 2.36. The summed E-state index contributed by atoms with van der Waals surface area (Å²) in [6.45, 7) is 9.20. The first-order valence-corrected chi connectivity index (χ1v) is 8.50. The Morgan fingerprint density at radius 3 is 2.62 bits per heavy atom. The van der Waals surface area contributed by atoms with Crippen LogP contribution in [0, 0.1) is 20.8 Å². The number of rotatable bonds is 2. The molecule has 0 radical (unpaired) electrons. The second kappa shape index (κ2) is 5.96. The number of aromatic amines is 1. The van der Waals surface area contributed by atoms with E-state index in [-0.39, 0.29) is 17.9 Å². The predicted octanol–water partition coefficient (Wildman–Crippen LogP) is 2.79. The quantitative estimate of drug-likeness (QED) is 0.922. The molecule has 128 valence electrons. The van der Waals surface area contributed by atoms with Crippen molar-refractivity contribution in [2.45, 2.75) is 40.2 Å². The summed E-state index contributed by atoms with van der Waals surface area (Å²) in [4.78, 5) is 32.3. The van der Waals surface area contributed by atoms with Gasteiger partial charge in [-0.2, -0.15) is 0 Å². The molecule has 2 heterocycles. The lowest BCUT2D eigenvalue weighted by Crippen LogP contribution is -2.57. The third-order valence-corrected chi connectivity index (χ3v) is 5.08. The maximum absolute atomic E-state index is 13.1. The molecule has 1 fully saturated rings. The summed E-state index contributed by atoms with van der Waals surface area (Å²) in [6.07, 6.45) is 0.631. The van der Waals surface area contributed by atoms with Crippen LogP contribution in [0.2, 0.25) is 0 Å². The first-order valence-electron chi connectivity index (χ1n) is 8.50. The Labute approximate surface area is 142 Å². The monoisotopic (exact) mass is 327 g/mol. The van der Waals surface area contributed by atoms with E-state index in [0.717, 1.165) is 22.0 Å². The Balaban J connectivity index is 2.04. The van der Waals surface area contributed by atoms with Gasteiger partial charge in [-0.05, 0) is 44.4 Å². The van der Waals surface area contributed by atoms with E-state index >= 15 is 0 Å². The summed E-state index contributed by atoms with van der Waals surface area (Å²) in [5.41, 5.74) is 4.89. The number of carbonyl (C=O) groups is 2. The van der Waals surface area contributed by atoms with Crippen molar-refractivity contribution in [3.8, 4) is 0 Å². The Morgan fingerprint density at radius 2 is 1.96 bits per heavy atom. The molecule has 0 bridgehead atoms. The normalized spacial score (nSPS) is 18.5. The molecule has 5 nitrogen and oxygen atoms in total. The van der Waals surface area contributed by atoms with E-state index in [1.807, 2.05) is 20.8 Å². The molecule has 0 saturated carbocycles. The number of amides is 2. The van der Waals surface area contributed by atoms with E-state index < -0.39 is 0 Å². The van der Waals surface area contributed by atoms with Crippen LogP contribution >= 0.6 is 0 Å². The minimum absolute atomic E-state index is 0.0258. The molecule has 2 amide bonds. The summed E-state index contributed by atoms with van der Waals surface area (Å²) >= 11 is 0. The lowest BCUT2D eigenvalue weighted by Gasteiger charge is -2.38. The Bertz CT molecular complexity index is 822. The van der Waals surface area contributed by atoms with Crippen molar-refractivity contribution in [3.63, 3.8) is 0 Å². The third-order valence-electron chi connectivity index (χ3n) is 5.08. The van der Waals surface area contributed by atoms with Crippen LogP contribution in [0.3, 0.4) is 0 Å². The fourth-order valence-corrected chi connectivity index (χ4v) is 3.69. The summed E-state index contributed by atoms with van der Waals surface area (Å²) in [6, 6.07) is 3.85. The molecule has 1 N–H and O–H groups in total. The van der Waals surface area contributed by atoms with Crippen molar-refractivity contribution in [3.05, 3.63) is 34.5 Å². The molecule has 5 heteroatoms. The van der Waals surface area contributed by atoms with Gasteiger partial charge in [-0.3, -0.25) is 9.59 Å². The summed E-state index contributed by atoms with van der Waals surface area (Å²) in [7, 11) is 1.80. The SMILES string of the molecule is CC[C@H]1C(=O)N(C)CCN1C(=O)c1[nH]c2c(C)cc(C)cc2c1C. The molecule has 1 aliphatic heterocycles. The molecule has 1 aliphatic rings. The van der Waals surface area contributed by atoms with Crippen LogP contribution in [-0.4, -0.2) is 52.8 Å². The van der Waals surface area contributed by atoms with Crippen molar-refractivity contribution in [1.29, 1.82) is 0 Å². The number of aromatic nitrogens is 1. The zero-order valence-electron chi connectivity index (χ0n) is 15.1. The lowest BCUT2D eigenvalue weighted by atomic mass is 10.0. The van der Waals surface area contributed by atoms with Gasteiger partial charge in [0.25, 0.3) is 5.91 Å². The average molecular weight is 327 g/mol. The molecule has 1 aromatic heterocycles. The largest absolute Gasteiger partial charge is 0.350 e. The fourth-order valence-electron chi connectivity index (χ4n) is 3.69. The lowest BCUT2D eigenvalue weighted by molar-refractivity contribution is -0.138. The maximum Gasteiger partial charge on any atom is 0.271 e. The van der Waals surface area contributed by atoms with Gasteiger partial charge in [0.1, 0.15) is 11.7 Å². The minimum atomic E-state index is -0.370. The van der Waals surface area contributed by atoms with Gasteiger partial charge in [0.15, 0.2) is 0 Å². The van der Waals surface area contributed by atoms with Gasteiger partial charge in [-0.1, -0.05) is 18.6 Å². The van der Waals surface area contributed by atoms with Gasteiger partial charge >= 0.3 is 0 Å². The van der Waals surface area contributed by atoms with Crippen molar-refractivity contribution >= 4 is 22.7 Å². The number of hydrogen-bond acceptors (Lipinski definition) is 2. The van der Waals surface area contributed by atoms with Gasteiger partial charge in [0.2, 0.25) is 5.91 Å². The molecule has 2 aromatic rings. The Hall–Kier alpha value is -2.30. The van der Waals surface area contributed by atoms with Gasteiger partial charge in [-0.25, -0.2) is 0 Å². The molecule has 0 unspecified atom stereocenters. The number of fused-ring (bicyclic) bond motifs is 1. The number of nitrogens with one attached hydrogen (secondary N) is 1. The smallest absolute Gasteiger partial charge is 0.271 e. The van der Waals surface area contributed by atoms with E-state index in [9.17, 15) is 9.59 Å². The molecule has 24 heavy (non-hydrogen) atoms. The zero-order valence-corrected chi connectivity index (χ0v) is 15.1. The predicted molar refractivity (Wildman–Crippen MR) is 95.3 cm³/mol. The minimum Gasteiger partial charge on any atom is -0.350 e. The van der Waals surface area contributed by atoms with Crippen LogP contribution < -0.4 is 0 Å². The van der Waals surface area contributed by atoms with Gasteiger partial charge < -0.3 is 14.8 Å². The molecule has 1 atom stereocenters. The van der Waals surface area contributed by atoms with Crippen molar-refractivity contribution < 1.29 is 9.59 Å². The second-order valence-corrected chi connectivity index (χ2v) is 6.81. The maximum atomic E-state index is 13.1. The van der Waals surface area contributed by atoms with Crippen LogP contribution in [0.4, 0.5) is 0 Å². The summed E-state index contributed by atoms with van der Waals surface area (Å²) in [5, 5.41) is 1.09. The highest BCUT2D eigenvalue weighted by molar-refractivity contribution is 6.03. The molecule has 1 aromatic carbocycles. The number of likely N-dealkylation sites (N-methyl/N-ethyl adjacent to an activating group) is 1. The molecule has 1 saturated heterocycles. The van der Waals surface area contributed by atoms with Crippen molar-refractivity contribution in [2.24, 2.45) is 0 Å². The van der Waals surface area contributed by atoms with Crippen LogP contribution in [0.5, 0.6) is 0 Å². The van der Waals surface area contributed by atoms with Crippen LogP contribution in [0.1, 0.15) is 40.5 Å². The van der Waals surface area contributed by atoms with Crippen LogP contribution in [0.25, 0.3) is 10.9 Å². The number of nitrogens with zero attached hydrogens (tertiary/aromatic N) is 2. The van der Waals surface area contributed by atoms with E-state index in [0.29, 0.717) is 25.2 Å². The highest BCUT2D eigenvalue weighted by Crippen LogP contribution is 2.28. The Kier molecular flexibility index (Phi) is 4.11. The third kappa shape index (κ3) is 2.48. The molecular weight excluding hydrogens is 302 g/mol. The first kappa shape index (κ1) is 16.6. The van der Waals surface area contributed by atoms with Crippen molar-refractivity contribution in [2.75, 3.05) is 20.1 Å². The number of H-pyrrole nitrogens is 1. The van der Waals surface area contributed by atoms with Gasteiger partial charge in [-0.15, -0.1) is 0 Å². The molecule has 0 spiro atoms. The number of aryl methyl sites for hydroxylation is 3. The number of piperazine rings is 1. The van der Waals surface area contributed by atoms with Crippen LogP contribution in [-0.2, 0) is 4.79 Å². The van der Waals surface area contributed by atoms with Crippen molar-refractivity contribution in [1.82, 2.24) is 14.8 Å². The zero-order chi connectivity index (χ0) is 17.6. The van der Waals surface area contributed by atoms with E-state index in [4.69, 9.17) is 0 Å². The summed E-state index contributed by atoms with van der Waals surface area (Å²) < 4.78 is 0. The Morgan fingerprint density at radius 1 is 1.25 bits per heavy atom. The first-order chi connectivity index (χ1) is 11.3. The van der Waals surface area contributed by atoms with E-state index in [2.05, 4.69) is 24.0 Å². The van der Waals surface area contributed by atoms with Crippen LogP contribution in [0.15, 0.2) is 12.1 Å². The van der Waals surface area contributed by atoms with Gasteiger partial charge in [0.05, 0.1) is 0 Å². The topological polar surface area (TPSA) is 56.4 Å². The average Bonchev–Trinajstić information content (AvgIpc) is 2.87. The van der Waals surface area contributed by atoms with E-state index in [1.165, 1.54) is 5.56 Å². The summed E-state index contributed by atoms with van der Waals surface area (Å²) in [5.74, 6) is -0.0491. The second-order valence-electron chi connectivity index (χ2n) is 6.81. The highest BCUT2D eigenvalue weighted by atomic mass is 16.2. The van der Waals surface area contributed by atoms with E-state index in [1.54, 1.807) is 16.8 Å². The number of benzene rings is 1. The molecule has 0 aliphatic carbocycles. The number of hydrogen-bond donors (Lipinski definition) is 1. The standard InChI is InChI=1S/C19H25N3O2/c1-6-15-18(23)21(5)7-8-22(15)19(24)17-13(4)14-10-11(2)9-12(3)16(14)20-17/h9-10,15,20H,6-8H2,1-5H3/t15-/m0/s1. The number of carbonyl (C=O) groups excluding carboxylic acids is 2. The van der Waals surface area contributed by atoms with Gasteiger partial charge in [0, 0.05) is 31.0 Å². The fraction of sp³-hybridized carbons (Fsp3) is 0.474.